The van der Waals surface area contributed by atoms with Crippen LogP contribution in [0.3, 0.4) is 0 Å². The van der Waals surface area contributed by atoms with Crippen LogP contribution in [0.25, 0.3) is 11.1 Å². The van der Waals surface area contributed by atoms with Crippen molar-refractivity contribution in [2.45, 2.75) is 33.2 Å². The minimum atomic E-state index is -4.66. The Morgan fingerprint density at radius 3 is 2.58 bits per heavy atom. The third-order valence-electron chi connectivity index (χ3n) is 6.03. The number of nitrogens with one attached hydrogen (secondary N) is 1. The summed E-state index contributed by atoms with van der Waals surface area (Å²) in [6.45, 7) is 3.00. The van der Waals surface area contributed by atoms with E-state index in [1.807, 2.05) is 0 Å². The zero-order valence-electron chi connectivity index (χ0n) is 20.7. The number of alkyl halides is 3. The summed E-state index contributed by atoms with van der Waals surface area (Å²) in [5, 5.41) is 2.60. The fraction of sp³-hybridized carbons (Fsp3) is 0.269. The van der Waals surface area contributed by atoms with Crippen LogP contribution < -0.4 is 31.9 Å². The number of hydrogen-bond acceptors (Lipinski definition) is 4. The van der Waals surface area contributed by atoms with Crippen molar-refractivity contribution >= 4 is 23.4 Å². The van der Waals surface area contributed by atoms with Crippen molar-refractivity contribution in [3.05, 3.63) is 71.3 Å². The number of carbonyl (C=O) groups excluding carboxylic acids is 2. The topological polar surface area (TPSA) is 71.8 Å². The lowest BCUT2D eigenvalue weighted by atomic mass is 10.0. The second-order valence-corrected chi connectivity index (χ2v) is 8.51. The van der Waals surface area contributed by atoms with Gasteiger partial charge in [0.05, 0.1) is 12.7 Å². The molecule has 0 fully saturated rings. The lowest BCUT2D eigenvalue weighted by Crippen LogP contribution is -3.00. The van der Waals surface area contributed by atoms with Gasteiger partial charge in [0.15, 0.2) is 12.4 Å². The number of ether oxygens (including phenoxy) is 2. The Hall–Kier alpha value is -3.86. The fourth-order valence-electron chi connectivity index (χ4n) is 4.18. The van der Waals surface area contributed by atoms with Gasteiger partial charge in [0.2, 0.25) is 0 Å². The minimum Gasteiger partial charge on any atom is -1.00 e. The summed E-state index contributed by atoms with van der Waals surface area (Å²) in [5.41, 5.74) is 1.23. The van der Waals surface area contributed by atoms with Gasteiger partial charge < -0.3 is 27.2 Å². The van der Waals surface area contributed by atoms with Gasteiger partial charge >= 0.3 is 18.2 Å². The molecule has 1 N–H and O–H groups in total. The van der Waals surface area contributed by atoms with E-state index in [2.05, 4.69) is 5.32 Å². The van der Waals surface area contributed by atoms with Gasteiger partial charge in [-0.2, -0.15) is 17.7 Å². The Balaban J connectivity index is 0.00000400. The third-order valence-corrected chi connectivity index (χ3v) is 6.03. The average molecular weight is 554 g/mol. The molecule has 1 aromatic heterocycles. The van der Waals surface area contributed by atoms with Crippen LogP contribution in [-0.2, 0) is 28.9 Å². The van der Waals surface area contributed by atoms with E-state index in [0.29, 0.717) is 28.7 Å². The van der Waals surface area contributed by atoms with E-state index in [9.17, 15) is 27.2 Å². The summed E-state index contributed by atoms with van der Waals surface area (Å²) < 4.78 is 66.9. The highest BCUT2D eigenvalue weighted by molar-refractivity contribution is 6.03. The van der Waals surface area contributed by atoms with Crippen LogP contribution in [0.15, 0.2) is 48.8 Å². The predicted molar refractivity (Wildman–Crippen MR) is 127 cm³/mol. The van der Waals surface area contributed by atoms with Gasteiger partial charge in [0.25, 0.3) is 6.73 Å². The first-order valence-electron chi connectivity index (χ1n) is 11.3. The molecule has 0 spiro atoms. The van der Waals surface area contributed by atoms with E-state index < -0.39 is 29.6 Å². The quantitative estimate of drug-likeness (QED) is 0.299. The summed E-state index contributed by atoms with van der Waals surface area (Å²) in [6, 6.07) is 7.66. The molecule has 1 aliphatic heterocycles. The number of benzene rings is 2. The van der Waals surface area contributed by atoms with Crippen LogP contribution in [0, 0.1) is 12.7 Å². The van der Waals surface area contributed by atoms with E-state index in [1.165, 1.54) is 17.9 Å². The molecule has 0 saturated carbocycles. The molecule has 0 aliphatic carbocycles. The van der Waals surface area contributed by atoms with E-state index in [0.717, 1.165) is 19.2 Å². The van der Waals surface area contributed by atoms with Gasteiger partial charge in [-0.3, -0.25) is 9.69 Å². The van der Waals surface area contributed by atoms with E-state index in [1.54, 1.807) is 42.1 Å². The number of carbonyl (C=O) groups is 2. The first-order valence-corrected chi connectivity index (χ1v) is 11.3. The van der Waals surface area contributed by atoms with Gasteiger partial charge in [-0.15, -0.1) is 0 Å². The maximum Gasteiger partial charge on any atom is 0.420 e. The summed E-state index contributed by atoms with van der Waals surface area (Å²) in [6.07, 6.45) is -0.975. The molecule has 1 aliphatic rings. The number of esters is 1. The number of anilines is 2. The molecule has 0 unspecified atom stereocenters. The van der Waals surface area contributed by atoms with Crippen LogP contribution in [-0.4, -0.2) is 25.7 Å². The maximum absolute atomic E-state index is 14.8. The van der Waals surface area contributed by atoms with Crippen LogP contribution in [0.2, 0.25) is 0 Å². The molecule has 202 valence electrons. The molecule has 38 heavy (non-hydrogen) atoms. The maximum atomic E-state index is 14.8. The lowest BCUT2D eigenvalue weighted by molar-refractivity contribution is -0.727. The normalized spacial score (nSPS) is 12.4. The van der Waals surface area contributed by atoms with Gasteiger partial charge in [-0.1, -0.05) is 0 Å². The van der Waals surface area contributed by atoms with Gasteiger partial charge in [0, 0.05) is 36.5 Å². The molecule has 0 saturated heterocycles. The highest BCUT2D eigenvalue weighted by Gasteiger charge is 2.37. The highest BCUT2D eigenvalue weighted by Crippen LogP contribution is 2.42. The van der Waals surface area contributed by atoms with Crippen molar-refractivity contribution in [1.82, 2.24) is 0 Å². The molecule has 0 radical (unpaired) electrons. The largest absolute Gasteiger partial charge is 1.00 e. The number of rotatable bonds is 5. The molecule has 7 nitrogen and oxygen atoms in total. The van der Waals surface area contributed by atoms with Crippen molar-refractivity contribution in [2.75, 3.05) is 23.9 Å². The summed E-state index contributed by atoms with van der Waals surface area (Å²) in [4.78, 5) is 25.4. The number of urea groups is 1. The van der Waals surface area contributed by atoms with Crippen molar-refractivity contribution in [2.24, 2.45) is 0 Å². The number of nitrogens with zero attached hydrogens (tertiary/aromatic N) is 2. The molecular formula is C26H24ClF4N3O4. The number of aromatic nitrogens is 1. The van der Waals surface area contributed by atoms with Crippen LogP contribution in [0.4, 0.5) is 33.7 Å². The monoisotopic (exact) mass is 553 g/mol. The number of pyridine rings is 1. The van der Waals surface area contributed by atoms with Crippen LogP contribution >= 0.6 is 0 Å². The molecule has 0 atom stereocenters. The number of halogens is 5. The van der Waals surface area contributed by atoms with Crippen molar-refractivity contribution < 1.29 is 53.6 Å². The Kier molecular flexibility index (Phi) is 8.51. The van der Waals surface area contributed by atoms with E-state index in [4.69, 9.17) is 9.47 Å². The zero-order valence-corrected chi connectivity index (χ0v) is 21.4. The molecule has 2 heterocycles. The van der Waals surface area contributed by atoms with E-state index >= 15 is 0 Å². The summed E-state index contributed by atoms with van der Waals surface area (Å²) >= 11 is 0. The second kappa shape index (κ2) is 11.3. The lowest BCUT2D eigenvalue weighted by Gasteiger charge is -2.21. The second-order valence-electron chi connectivity index (χ2n) is 8.51. The first-order chi connectivity index (χ1) is 17.5. The Morgan fingerprint density at radius 2 is 1.92 bits per heavy atom. The van der Waals surface area contributed by atoms with Crippen molar-refractivity contribution in [3.8, 4) is 16.9 Å². The number of amides is 2. The molecular weight excluding hydrogens is 530 g/mol. The average Bonchev–Trinajstić information content (AvgIpc) is 3.27. The standard InChI is InChI=1S/C26H23F4N3O4.ClH/c1-15-20(18-5-4-7-32(13-18)14-37-16(2)34)10-19(11-22(15)27)31-25(35)33-8-6-17-9-24(36-3)21(12-23(17)33)26(28,29)30;/h4-5,7,9-13H,6,8,14H2,1-3H3;1H. The summed E-state index contributed by atoms with van der Waals surface area (Å²) in [7, 11) is 1.16. The number of hydrogen-bond donors (Lipinski definition) is 1. The Bertz CT molecular complexity index is 1380. The molecule has 3 aromatic rings. The highest BCUT2D eigenvalue weighted by atomic mass is 35.5. The summed E-state index contributed by atoms with van der Waals surface area (Å²) in [5.74, 6) is -1.34. The van der Waals surface area contributed by atoms with Crippen LogP contribution in [0.1, 0.15) is 23.6 Å². The van der Waals surface area contributed by atoms with E-state index in [-0.39, 0.29) is 42.8 Å². The molecule has 12 heteroatoms. The third kappa shape index (κ3) is 5.99. The van der Waals surface area contributed by atoms with Crippen molar-refractivity contribution in [3.63, 3.8) is 0 Å². The molecule has 2 amide bonds. The van der Waals surface area contributed by atoms with Gasteiger partial charge in [-0.25, -0.2) is 9.18 Å². The minimum absolute atomic E-state index is 0. The number of methoxy groups -OCH3 is 1. The van der Waals surface area contributed by atoms with Crippen molar-refractivity contribution in [1.29, 1.82) is 0 Å². The molecule has 2 aromatic carbocycles. The van der Waals surface area contributed by atoms with Crippen LogP contribution in [0.5, 0.6) is 5.75 Å². The zero-order chi connectivity index (χ0) is 26.9. The fourth-order valence-corrected chi connectivity index (χ4v) is 4.18. The Labute approximate surface area is 222 Å². The SMILES string of the molecule is COc1cc2c(cc1C(F)(F)F)N(C(=O)Nc1cc(F)c(C)c(-c3ccc[n+](COC(C)=O)c3)c1)CC2.[Cl-]. The smallest absolute Gasteiger partial charge is 0.420 e. The van der Waals surface area contributed by atoms with Gasteiger partial charge in [-0.05, 0) is 60.4 Å². The Morgan fingerprint density at radius 1 is 1.18 bits per heavy atom. The number of fused-ring (bicyclic) bond motifs is 1. The van der Waals surface area contributed by atoms with Gasteiger partial charge in [0.1, 0.15) is 11.6 Å². The molecule has 0 bridgehead atoms. The molecule has 4 rings (SSSR count). The first kappa shape index (κ1) is 28.7. The predicted octanol–water partition coefficient (Wildman–Crippen LogP) is 2.24.